The maximum absolute atomic E-state index is 11.8. The van der Waals surface area contributed by atoms with Gasteiger partial charge in [0.05, 0.1) is 21.3 Å². The van der Waals surface area contributed by atoms with Gasteiger partial charge in [0.15, 0.2) is 0 Å². The van der Waals surface area contributed by atoms with E-state index in [9.17, 15) is 14.4 Å². The van der Waals surface area contributed by atoms with Crippen LogP contribution >= 0.6 is 0 Å². The first-order valence-electron chi connectivity index (χ1n) is 21.6. The Balaban J connectivity index is 1.39. The highest BCUT2D eigenvalue weighted by molar-refractivity contribution is 6.29. The minimum absolute atomic E-state index is 0.586. The molecule has 10 rings (SSSR count). The molecule has 6 heteroatoms. The fourth-order valence-electron chi connectivity index (χ4n) is 9.10. The second-order valence-electron chi connectivity index (χ2n) is 16.2. The van der Waals surface area contributed by atoms with E-state index >= 15 is 0 Å². The van der Waals surface area contributed by atoms with Crippen molar-refractivity contribution < 1.29 is 28.6 Å². The van der Waals surface area contributed by atoms with Crippen LogP contribution in [0, 0.1) is 0 Å². The number of aldehydes is 3. The monoisotopic (exact) mass is 858 g/mol. The Hall–Kier alpha value is -8.61. The van der Waals surface area contributed by atoms with Crippen molar-refractivity contribution in [1.29, 1.82) is 0 Å². The fraction of sp³-hybridized carbons (Fsp3) is 0.0500. The lowest BCUT2D eigenvalue weighted by Gasteiger charge is -2.21. The highest BCUT2D eigenvalue weighted by Crippen LogP contribution is 2.48. The van der Waals surface area contributed by atoms with Gasteiger partial charge in [0.2, 0.25) is 0 Å². The summed E-state index contributed by atoms with van der Waals surface area (Å²) in [5.74, 6) is 2.29. The zero-order valence-corrected chi connectivity index (χ0v) is 36.5. The number of hydrogen-bond donors (Lipinski definition) is 0. The highest BCUT2D eigenvalue weighted by atomic mass is 16.5. The third-order valence-electron chi connectivity index (χ3n) is 12.6. The quantitative estimate of drug-likeness (QED) is 0.0899. The molecule has 0 unspecified atom stereocenters. The van der Waals surface area contributed by atoms with Crippen molar-refractivity contribution >= 4 is 51.2 Å². The maximum atomic E-state index is 11.8. The molecule has 0 aliphatic heterocycles. The molecule has 0 N–H and O–H groups in total. The third kappa shape index (κ3) is 7.54. The smallest absolute Gasteiger partial charge is 0.150 e. The number of ether oxygens (including phenoxy) is 3. The number of fused-ring (bicyclic) bond motifs is 6. The fourth-order valence-corrected chi connectivity index (χ4v) is 9.10. The van der Waals surface area contributed by atoms with Crippen LogP contribution in [0.4, 0.5) is 0 Å². The minimum atomic E-state index is 0.586. The van der Waals surface area contributed by atoms with Crippen LogP contribution in [0.25, 0.3) is 99.1 Å². The van der Waals surface area contributed by atoms with Crippen molar-refractivity contribution in [2.75, 3.05) is 21.3 Å². The lowest BCUT2D eigenvalue weighted by Crippen LogP contribution is -1.95. The van der Waals surface area contributed by atoms with Crippen molar-refractivity contribution in [2.24, 2.45) is 0 Å². The van der Waals surface area contributed by atoms with E-state index in [2.05, 4.69) is 72.8 Å². The Labute approximate surface area is 382 Å². The maximum Gasteiger partial charge on any atom is 0.150 e. The van der Waals surface area contributed by atoms with E-state index in [4.69, 9.17) is 14.2 Å². The van der Waals surface area contributed by atoms with Crippen LogP contribution in [-0.4, -0.2) is 40.2 Å². The van der Waals surface area contributed by atoms with Crippen LogP contribution < -0.4 is 14.2 Å². The molecule has 0 heterocycles. The molecule has 0 saturated carbocycles. The lowest BCUT2D eigenvalue weighted by atomic mass is 9.82. The summed E-state index contributed by atoms with van der Waals surface area (Å²) < 4.78 is 16.8. The first-order chi connectivity index (χ1) is 32.4. The van der Waals surface area contributed by atoms with E-state index < -0.39 is 0 Å². The van der Waals surface area contributed by atoms with Gasteiger partial charge in [0.1, 0.15) is 36.1 Å². The molecule has 66 heavy (non-hydrogen) atoms. The van der Waals surface area contributed by atoms with Gasteiger partial charge in [-0.1, -0.05) is 109 Å². The first kappa shape index (κ1) is 41.4. The van der Waals surface area contributed by atoms with Gasteiger partial charge in [0.25, 0.3) is 0 Å². The molecule has 0 bridgehead atoms. The van der Waals surface area contributed by atoms with Gasteiger partial charge in [-0.05, 0) is 172 Å². The predicted molar refractivity (Wildman–Crippen MR) is 267 cm³/mol. The SMILES string of the molecule is COc1ccc(-c2cc3c(cc2-c2ccc(C=O)cc2)c2cc(-c4ccc(C=O)cc4)c(-c4ccc(C=O)cc4)cc2c2cc(-c4ccc(OC)cc4)c(-c4ccc(OC)cc4)cc32)cc1. The van der Waals surface area contributed by atoms with E-state index in [1.165, 1.54) is 0 Å². The summed E-state index contributed by atoms with van der Waals surface area (Å²) in [7, 11) is 5.01. The zero-order chi connectivity index (χ0) is 45.3. The van der Waals surface area contributed by atoms with Crippen LogP contribution in [0.15, 0.2) is 182 Å². The summed E-state index contributed by atoms with van der Waals surface area (Å²) in [6.07, 6.45) is 2.57. The van der Waals surface area contributed by atoms with Crippen LogP contribution in [0.3, 0.4) is 0 Å². The standard InChI is InChI=1S/C60H42O6/c1-64-46-22-16-43(17-23-46)52-31-58-57(30-51(52)42-14-8-39(36-63)9-15-42)55-28-49(40-10-4-37(34-61)5-11-40)50(41-12-6-38(35-62)7-13-41)29-56(55)59-32-53(44-18-24-47(65-2)25-19-44)54(33-60(58)59)45-20-26-48(66-3)27-21-45/h4-36H,1-3H3. The zero-order valence-electron chi connectivity index (χ0n) is 36.5. The molecule has 6 nitrogen and oxygen atoms in total. The molecular formula is C60H42O6. The van der Waals surface area contributed by atoms with Gasteiger partial charge in [-0.3, -0.25) is 14.4 Å². The lowest BCUT2D eigenvalue weighted by molar-refractivity contribution is 0.111. The number of hydrogen-bond acceptors (Lipinski definition) is 6. The number of methoxy groups -OCH3 is 3. The average molecular weight is 859 g/mol. The Morgan fingerprint density at radius 3 is 0.576 bits per heavy atom. The van der Waals surface area contributed by atoms with Gasteiger partial charge in [-0.25, -0.2) is 0 Å². The third-order valence-corrected chi connectivity index (χ3v) is 12.6. The highest BCUT2D eigenvalue weighted by Gasteiger charge is 2.21. The van der Waals surface area contributed by atoms with E-state index in [1.54, 1.807) is 21.3 Å². The largest absolute Gasteiger partial charge is 0.497 e. The summed E-state index contributed by atoms with van der Waals surface area (Å²) in [5.41, 5.74) is 13.8. The van der Waals surface area contributed by atoms with Gasteiger partial charge >= 0.3 is 0 Å². The Bertz CT molecular complexity index is 3440. The molecule has 0 amide bonds. The molecular weight excluding hydrogens is 817 g/mol. The van der Waals surface area contributed by atoms with Crippen molar-refractivity contribution in [3.05, 3.63) is 199 Å². The van der Waals surface area contributed by atoms with E-state index in [-0.39, 0.29) is 0 Å². The summed E-state index contributed by atoms with van der Waals surface area (Å²) >= 11 is 0. The topological polar surface area (TPSA) is 78.9 Å². The van der Waals surface area contributed by atoms with Gasteiger partial charge < -0.3 is 14.2 Å². The summed E-state index contributed by atoms with van der Waals surface area (Å²) in [6, 6.07) is 61.3. The number of benzene rings is 10. The number of rotatable bonds is 12. The number of carbonyl (C=O) groups is 3. The Morgan fingerprint density at radius 2 is 0.424 bits per heavy atom. The Morgan fingerprint density at radius 1 is 0.258 bits per heavy atom. The molecule has 0 aliphatic carbocycles. The van der Waals surface area contributed by atoms with Crippen molar-refractivity contribution in [1.82, 2.24) is 0 Å². The van der Waals surface area contributed by atoms with Crippen LogP contribution in [-0.2, 0) is 0 Å². The van der Waals surface area contributed by atoms with Crippen LogP contribution in [0.2, 0.25) is 0 Å². The molecule has 10 aromatic rings. The normalized spacial score (nSPS) is 11.1. The molecule has 318 valence electrons. The van der Waals surface area contributed by atoms with E-state index in [0.717, 1.165) is 135 Å². The molecule has 0 atom stereocenters. The molecule has 0 fully saturated rings. The average Bonchev–Trinajstić information content (AvgIpc) is 3.40. The van der Waals surface area contributed by atoms with Crippen LogP contribution in [0.5, 0.6) is 17.2 Å². The Kier molecular flexibility index (Phi) is 11.0. The van der Waals surface area contributed by atoms with Gasteiger partial charge in [-0.2, -0.15) is 0 Å². The second-order valence-corrected chi connectivity index (χ2v) is 16.2. The van der Waals surface area contributed by atoms with Crippen LogP contribution in [0.1, 0.15) is 31.1 Å². The van der Waals surface area contributed by atoms with E-state index in [0.29, 0.717) is 16.7 Å². The molecule has 0 spiro atoms. The summed E-state index contributed by atoms with van der Waals surface area (Å²) in [6.45, 7) is 0. The molecule has 0 radical (unpaired) electrons. The molecule has 0 aliphatic rings. The van der Waals surface area contributed by atoms with Crippen molar-refractivity contribution in [3.8, 4) is 84.0 Å². The molecule has 0 aromatic heterocycles. The van der Waals surface area contributed by atoms with E-state index in [1.807, 2.05) is 109 Å². The van der Waals surface area contributed by atoms with Crippen molar-refractivity contribution in [2.45, 2.75) is 0 Å². The molecule has 0 saturated heterocycles. The van der Waals surface area contributed by atoms with Gasteiger partial charge in [0, 0.05) is 16.7 Å². The predicted octanol–water partition coefficient (Wildman–Crippen LogP) is 14.6. The number of carbonyl (C=O) groups excluding carboxylic acids is 3. The minimum Gasteiger partial charge on any atom is -0.497 e. The van der Waals surface area contributed by atoms with Crippen molar-refractivity contribution in [3.63, 3.8) is 0 Å². The second kappa shape index (κ2) is 17.5. The molecule has 10 aromatic carbocycles. The summed E-state index contributed by atoms with van der Waals surface area (Å²) in [4.78, 5) is 35.5. The summed E-state index contributed by atoms with van der Waals surface area (Å²) in [5, 5.41) is 6.27. The van der Waals surface area contributed by atoms with Gasteiger partial charge in [-0.15, -0.1) is 0 Å². The first-order valence-corrected chi connectivity index (χ1v) is 21.6.